The van der Waals surface area contributed by atoms with Gasteiger partial charge in [-0.05, 0) is 24.6 Å². The summed E-state index contributed by atoms with van der Waals surface area (Å²) in [5.74, 6) is 0. The number of halogens is 1. The van der Waals surface area contributed by atoms with E-state index < -0.39 is 0 Å². The Morgan fingerprint density at radius 3 is 3.09 bits per heavy atom. The third-order valence-corrected chi connectivity index (χ3v) is 4.36. The topological polar surface area (TPSA) is 31.9 Å². The average molecular weight is 310 g/mol. The summed E-state index contributed by atoms with van der Waals surface area (Å²) in [7, 11) is 0. The number of aromatic amines is 1. The lowest BCUT2D eigenvalue weighted by Crippen LogP contribution is -2.36. The van der Waals surface area contributed by atoms with E-state index >= 15 is 0 Å². The molecule has 0 unspecified atom stereocenters. The zero-order valence-electron chi connectivity index (χ0n) is 12.3. The smallest absolute Gasteiger partial charge is 0.136 e. The summed E-state index contributed by atoms with van der Waals surface area (Å²) in [6.07, 6.45) is 6.43. The van der Waals surface area contributed by atoms with Crippen LogP contribution in [0.3, 0.4) is 0 Å². The maximum absolute atomic E-state index is 6.23. The van der Waals surface area contributed by atoms with Crippen LogP contribution in [0.1, 0.15) is 11.3 Å². The molecule has 4 heteroatoms. The molecule has 1 aromatic carbocycles. The number of para-hydroxylation sites is 1. The van der Waals surface area contributed by atoms with Crippen LogP contribution in [0.5, 0.6) is 0 Å². The van der Waals surface area contributed by atoms with Gasteiger partial charge in [0.25, 0.3) is 0 Å². The molecule has 4 rings (SSSR count). The zero-order chi connectivity index (χ0) is 15.1. The van der Waals surface area contributed by atoms with Crippen molar-refractivity contribution in [2.45, 2.75) is 13.5 Å². The van der Waals surface area contributed by atoms with E-state index in [-0.39, 0.29) is 0 Å². The number of hydrogen-bond acceptors (Lipinski definition) is 2. The van der Waals surface area contributed by atoms with Crippen LogP contribution in [0.25, 0.3) is 23.2 Å². The molecule has 2 aromatic heterocycles. The van der Waals surface area contributed by atoms with E-state index in [4.69, 9.17) is 11.6 Å². The lowest BCUT2D eigenvalue weighted by atomic mass is 10.1. The van der Waals surface area contributed by atoms with Gasteiger partial charge in [0.2, 0.25) is 0 Å². The van der Waals surface area contributed by atoms with Gasteiger partial charge in [0.05, 0.1) is 0 Å². The van der Waals surface area contributed by atoms with Gasteiger partial charge >= 0.3 is 0 Å². The molecule has 0 saturated heterocycles. The van der Waals surface area contributed by atoms with Crippen LogP contribution in [-0.2, 0) is 6.54 Å². The zero-order valence-corrected chi connectivity index (χ0v) is 13.1. The summed E-state index contributed by atoms with van der Waals surface area (Å²) in [6.45, 7) is 3.69. The lowest BCUT2D eigenvalue weighted by molar-refractivity contribution is 0.456. The molecule has 0 fully saturated rings. The van der Waals surface area contributed by atoms with Gasteiger partial charge in [-0.2, -0.15) is 0 Å². The minimum absolute atomic E-state index is 0.595. The van der Waals surface area contributed by atoms with Crippen molar-refractivity contribution in [3.63, 3.8) is 0 Å². The number of aromatic nitrogens is 2. The number of nitrogens with zero attached hydrogens (tertiary/aromatic N) is 2. The first kappa shape index (κ1) is 13.4. The molecule has 3 aromatic rings. The van der Waals surface area contributed by atoms with Crippen LogP contribution in [0.4, 0.5) is 0 Å². The minimum atomic E-state index is 0.595. The molecule has 0 bridgehead atoms. The van der Waals surface area contributed by atoms with Crippen LogP contribution in [-0.4, -0.2) is 21.4 Å². The first-order valence-corrected chi connectivity index (χ1v) is 7.73. The molecule has 0 amide bonds. The fraction of sp³-hybridized carbons (Fsp3) is 0.167. The molecule has 1 aliphatic rings. The predicted molar refractivity (Wildman–Crippen MR) is 90.9 cm³/mol. The van der Waals surface area contributed by atoms with Gasteiger partial charge in [-0.25, -0.2) is 4.98 Å². The summed E-state index contributed by atoms with van der Waals surface area (Å²) in [5.41, 5.74) is 3.44. The van der Waals surface area contributed by atoms with E-state index in [1.165, 1.54) is 16.5 Å². The molecule has 3 heterocycles. The number of pyridine rings is 1. The summed E-state index contributed by atoms with van der Waals surface area (Å²) in [4.78, 5) is 9.95. The van der Waals surface area contributed by atoms with Crippen molar-refractivity contribution >= 4 is 34.8 Å². The largest absolute Gasteiger partial charge is 0.369 e. The summed E-state index contributed by atoms with van der Waals surface area (Å²) in [6, 6.07) is 10.5. The normalized spacial score (nSPS) is 13.6. The van der Waals surface area contributed by atoms with Crippen molar-refractivity contribution < 1.29 is 0 Å². The Morgan fingerprint density at radius 1 is 1.32 bits per heavy atom. The second kappa shape index (κ2) is 5.18. The fourth-order valence-electron chi connectivity index (χ4n) is 3.03. The highest BCUT2D eigenvalue weighted by Gasteiger charge is 2.10. The second-order valence-electron chi connectivity index (χ2n) is 5.68. The molecule has 0 saturated carbocycles. The van der Waals surface area contributed by atoms with Gasteiger partial charge in [0.15, 0.2) is 0 Å². The number of rotatable bonds is 2. The summed E-state index contributed by atoms with van der Waals surface area (Å²) >= 11 is 6.23. The van der Waals surface area contributed by atoms with Crippen LogP contribution in [0.2, 0.25) is 5.15 Å². The van der Waals surface area contributed by atoms with E-state index in [1.54, 1.807) is 0 Å². The third kappa shape index (κ3) is 2.28. The Bertz CT molecular complexity index is 972. The molecule has 3 nitrogen and oxygen atoms in total. The third-order valence-electron chi connectivity index (χ3n) is 4.07. The molecular weight excluding hydrogens is 294 g/mol. The summed E-state index contributed by atoms with van der Waals surface area (Å²) in [5, 5.41) is 4.06. The van der Waals surface area contributed by atoms with Crippen molar-refractivity contribution in [1.29, 1.82) is 0 Å². The van der Waals surface area contributed by atoms with E-state index in [0.29, 0.717) is 5.15 Å². The quantitative estimate of drug-likeness (QED) is 0.738. The van der Waals surface area contributed by atoms with Gasteiger partial charge in [-0.1, -0.05) is 35.9 Å². The van der Waals surface area contributed by atoms with Crippen LogP contribution >= 0.6 is 11.6 Å². The maximum Gasteiger partial charge on any atom is 0.136 e. The molecule has 0 spiro atoms. The Balaban J connectivity index is 1.72. The molecule has 0 atom stereocenters. The highest BCUT2D eigenvalue weighted by atomic mass is 35.5. The number of H-pyrrole nitrogens is 1. The predicted octanol–water partition coefficient (Wildman–Crippen LogP) is 2.56. The SMILES string of the molecule is Cc1cc2c(c(Cl)n1)=CCN(Cc1c[nH]c3ccccc13)C=2. The number of nitrogens with one attached hydrogen (secondary N) is 1. The minimum Gasteiger partial charge on any atom is -0.369 e. The van der Waals surface area contributed by atoms with Crippen molar-refractivity contribution in [3.05, 3.63) is 63.4 Å². The number of aryl methyl sites for hydroxylation is 1. The van der Waals surface area contributed by atoms with Gasteiger partial charge in [0.1, 0.15) is 5.15 Å². The molecule has 0 radical (unpaired) electrons. The molecule has 1 aliphatic heterocycles. The molecule has 1 N–H and O–H groups in total. The monoisotopic (exact) mass is 309 g/mol. The van der Waals surface area contributed by atoms with Gasteiger partial charge in [-0.15, -0.1) is 0 Å². The molecule has 0 aliphatic carbocycles. The van der Waals surface area contributed by atoms with Crippen LogP contribution in [0, 0.1) is 6.92 Å². The van der Waals surface area contributed by atoms with E-state index in [9.17, 15) is 0 Å². The Morgan fingerprint density at radius 2 is 2.18 bits per heavy atom. The lowest BCUT2D eigenvalue weighted by Gasteiger charge is -2.21. The number of hydrogen-bond donors (Lipinski definition) is 1. The van der Waals surface area contributed by atoms with E-state index in [1.807, 2.05) is 6.92 Å². The standard InChI is InChI=1S/C18H16ClN3/c1-12-8-13-10-22(7-6-16(13)18(19)21-12)11-14-9-20-17-5-3-2-4-15(14)17/h2-6,8-10,20H,7,11H2,1H3. The van der Waals surface area contributed by atoms with Gasteiger partial charge in [0, 0.05) is 52.5 Å². The van der Waals surface area contributed by atoms with Crippen LogP contribution < -0.4 is 10.4 Å². The van der Waals surface area contributed by atoms with Crippen molar-refractivity contribution in [1.82, 2.24) is 14.9 Å². The Labute approximate surface area is 133 Å². The van der Waals surface area contributed by atoms with E-state index in [0.717, 1.165) is 29.2 Å². The van der Waals surface area contributed by atoms with Gasteiger partial charge in [-0.3, -0.25) is 0 Å². The second-order valence-corrected chi connectivity index (χ2v) is 6.04. The Kier molecular flexibility index (Phi) is 3.16. The van der Waals surface area contributed by atoms with E-state index in [2.05, 4.69) is 63.7 Å². The van der Waals surface area contributed by atoms with Crippen molar-refractivity contribution in [3.8, 4) is 0 Å². The highest BCUT2D eigenvalue weighted by molar-refractivity contribution is 6.29. The molecular formula is C18H16ClN3. The Hall–Kier alpha value is -2.26. The van der Waals surface area contributed by atoms with Crippen molar-refractivity contribution in [2.24, 2.45) is 0 Å². The molecule has 110 valence electrons. The van der Waals surface area contributed by atoms with Crippen molar-refractivity contribution in [2.75, 3.05) is 6.54 Å². The summed E-state index contributed by atoms with van der Waals surface area (Å²) < 4.78 is 0. The van der Waals surface area contributed by atoms with Crippen LogP contribution in [0.15, 0.2) is 36.5 Å². The maximum atomic E-state index is 6.23. The highest BCUT2D eigenvalue weighted by Crippen LogP contribution is 2.19. The first-order chi connectivity index (χ1) is 10.7. The fourth-order valence-corrected chi connectivity index (χ4v) is 3.35. The molecule has 22 heavy (non-hydrogen) atoms. The average Bonchev–Trinajstić information content (AvgIpc) is 2.90. The van der Waals surface area contributed by atoms with Gasteiger partial charge < -0.3 is 9.88 Å². The first-order valence-electron chi connectivity index (χ1n) is 7.35. The number of benzene rings is 1. The number of fused-ring (bicyclic) bond motifs is 2.